The molecule has 7 heteroatoms. The number of amides is 1. The first-order valence-electron chi connectivity index (χ1n) is 6.45. The lowest BCUT2D eigenvalue weighted by molar-refractivity contribution is -0.148. The van der Waals surface area contributed by atoms with Crippen LogP contribution in [0.5, 0.6) is 0 Å². The molecule has 1 fully saturated rings. The summed E-state index contributed by atoms with van der Waals surface area (Å²) in [6.07, 6.45) is 2.98. The third kappa shape index (κ3) is 3.65. The molecule has 1 N–H and O–H groups in total. The maximum atomic E-state index is 12.0. The maximum Gasteiger partial charge on any atom is 0.326 e. The van der Waals surface area contributed by atoms with Crippen LogP contribution in [-0.4, -0.2) is 34.5 Å². The van der Waals surface area contributed by atoms with Crippen LogP contribution in [0.3, 0.4) is 0 Å². The molecule has 1 saturated heterocycles. The molecule has 1 unspecified atom stereocenters. The number of hydrogen-bond donors (Lipinski definition) is 1. The number of nitrogens with zero attached hydrogens (tertiary/aromatic N) is 1. The summed E-state index contributed by atoms with van der Waals surface area (Å²) in [5.74, 6) is -1.00. The van der Waals surface area contributed by atoms with Gasteiger partial charge in [-0.2, -0.15) is 0 Å². The standard InChI is InChI=1S/C13H15Cl2NO3S/c14-10-7-8(12(15)20-10)3-1-5-11(17)16-6-2-4-9(16)13(18)19/h7,9H,1-6H2,(H,18,19). The molecule has 0 spiro atoms. The number of likely N-dealkylation sites (tertiary alicyclic amines) is 1. The average Bonchev–Trinajstić information content (AvgIpc) is 2.96. The van der Waals surface area contributed by atoms with Crippen molar-refractivity contribution in [2.75, 3.05) is 6.54 Å². The minimum atomic E-state index is -0.913. The largest absolute Gasteiger partial charge is 0.480 e. The lowest BCUT2D eigenvalue weighted by Gasteiger charge is -2.21. The molecule has 1 aromatic rings. The van der Waals surface area contributed by atoms with Crippen molar-refractivity contribution in [2.24, 2.45) is 0 Å². The number of halogens is 2. The molecular formula is C13H15Cl2NO3S. The van der Waals surface area contributed by atoms with Gasteiger partial charge in [0.25, 0.3) is 0 Å². The molecule has 1 atom stereocenters. The lowest BCUT2D eigenvalue weighted by atomic mass is 10.1. The van der Waals surface area contributed by atoms with Gasteiger partial charge in [-0.3, -0.25) is 4.79 Å². The van der Waals surface area contributed by atoms with E-state index < -0.39 is 12.0 Å². The summed E-state index contributed by atoms with van der Waals surface area (Å²) in [5.41, 5.74) is 0.950. The predicted octanol–water partition coefficient (Wildman–Crippen LogP) is 3.45. The van der Waals surface area contributed by atoms with Crippen molar-refractivity contribution in [3.63, 3.8) is 0 Å². The van der Waals surface area contributed by atoms with Crippen LogP contribution >= 0.6 is 34.5 Å². The highest BCUT2D eigenvalue weighted by Crippen LogP contribution is 2.32. The third-order valence-corrected chi connectivity index (χ3v) is 4.99. The predicted molar refractivity (Wildman–Crippen MR) is 79.6 cm³/mol. The molecule has 0 aromatic carbocycles. The van der Waals surface area contributed by atoms with Gasteiger partial charge in [0.05, 0.1) is 8.67 Å². The summed E-state index contributed by atoms with van der Waals surface area (Å²) >= 11 is 13.2. The highest BCUT2D eigenvalue weighted by atomic mass is 35.5. The lowest BCUT2D eigenvalue weighted by Crippen LogP contribution is -2.40. The summed E-state index contributed by atoms with van der Waals surface area (Å²) in [6.45, 7) is 0.542. The van der Waals surface area contributed by atoms with Gasteiger partial charge >= 0.3 is 5.97 Å². The van der Waals surface area contributed by atoms with E-state index in [1.807, 2.05) is 6.07 Å². The number of carbonyl (C=O) groups is 2. The highest BCUT2D eigenvalue weighted by molar-refractivity contribution is 7.20. The monoisotopic (exact) mass is 335 g/mol. The molecule has 4 nitrogen and oxygen atoms in total. The fraction of sp³-hybridized carbons (Fsp3) is 0.538. The van der Waals surface area contributed by atoms with Crippen LogP contribution in [0.25, 0.3) is 0 Å². The number of rotatable bonds is 5. The van der Waals surface area contributed by atoms with Crippen molar-refractivity contribution < 1.29 is 14.7 Å². The van der Waals surface area contributed by atoms with Crippen LogP contribution in [0, 0.1) is 0 Å². The van der Waals surface area contributed by atoms with Gasteiger partial charge in [-0.1, -0.05) is 23.2 Å². The number of carboxylic acid groups (broad SMARTS) is 1. The molecule has 0 bridgehead atoms. The van der Waals surface area contributed by atoms with Gasteiger partial charge in [0.2, 0.25) is 5.91 Å². The Morgan fingerprint density at radius 3 is 2.80 bits per heavy atom. The van der Waals surface area contributed by atoms with Crippen LogP contribution in [0.1, 0.15) is 31.2 Å². The van der Waals surface area contributed by atoms with Crippen LogP contribution in [-0.2, 0) is 16.0 Å². The minimum Gasteiger partial charge on any atom is -0.480 e. The van der Waals surface area contributed by atoms with E-state index in [1.54, 1.807) is 0 Å². The molecule has 2 heterocycles. The summed E-state index contributed by atoms with van der Waals surface area (Å²) in [7, 11) is 0. The Morgan fingerprint density at radius 2 is 2.20 bits per heavy atom. The molecule has 1 aliphatic rings. The normalized spacial score (nSPS) is 18.5. The van der Waals surface area contributed by atoms with Gasteiger partial charge in [0.15, 0.2) is 0 Å². The van der Waals surface area contributed by atoms with Gasteiger partial charge in [0.1, 0.15) is 6.04 Å². The molecule has 0 aliphatic carbocycles. The third-order valence-electron chi connectivity index (χ3n) is 3.42. The van der Waals surface area contributed by atoms with Crippen LogP contribution in [0.15, 0.2) is 6.07 Å². The van der Waals surface area contributed by atoms with Crippen molar-refractivity contribution in [2.45, 2.75) is 38.1 Å². The Hall–Kier alpha value is -0.780. The topological polar surface area (TPSA) is 57.6 Å². The number of aliphatic carboxylic acids is 1. The first-order valence-corrected chi connectivity index (χ1v) is 8.02. The van der Waals surface area contributed by atoms with Gasteiger partial charge in [-0.05, 0) is 37.3 Å². The van der Waals surface area contributed by atoms with Crippen LogP contribution in [0.2, 0.25) is 8.67 Å². The fourth-order valence-corrected chi connectivity index (χ4v) is 3.98. The highest BCUT2D eigenvalue weighted by Gasteiger charge is 2.33. The molecule has 20 heavy (non-hydrogen) atoms. The van der Waals surface area contributed by atoms with Crippen molar-refractivity contribution in [3.05, 3.63) is 20.3 Å². The first-order chi connectivity index (χ1) is 9.49. The fourth-order valence-electron chi connectivity index (χ4n) is 2.44. The Bertz CT molecular complexity index is 518. The SMILES string of the molecule is O=C(O)C1CCCN1C(=O)CCCc1cc(Cl)sc1Cl. The molecule has 2 rings (SSSR count). The summed E-state index contributed by atoms with van der Waals surface area (Å²) in [5, 5.41) is 9.05. The molecule has 110 valence electrons. The Kier molecular flexibility index (Phi) is 5.29. The zero-order valence-corrected chi connectivity index (χ0v) is 13.1. The quantitative estimate of drug-likeness (QED) is 0.896. The second-order valence-electron chi connectivity index (χ2n) is 4.79. The number of aryl methyl sites for hydroxylation is 1. The molecule has 1 aliphatic heterocycles. The zero-order valence-electron chi connectivity index (χ0n) is 10.8. The Labute approximate surface area is 131 Å². The molecule has 0 saturated carbocycles. The van der Waals surface area contributed by atoms with Crippen molar-refractivity contribution in [3.8, 4) is 0 Å². The maximum absolute atomic E-state index is 12.0. The summed E-state index contributed by atoms with van der Waals surface area (Å²) in [4.78, 5) is 24.6. The van der Waals surface area contributed by atoms with Gasteiger partial charge < -0.3 is 10.0 Å². The summed E-state index contributed by atoms with van der Waals surface area (Å²) < 4.78 is 1.30. The number of hydrogen-bond acceptors (Lipinski definition) is 3. The molecule has 0 radical (unpaired) electrons. The van der Waals surface area contributed by atoms with Crippen LogP contribution in [0.4, 0.5) is 0 Å². The smallest absolute Gasteiger partial charge is 0.326 e. The second kappa shape index (κ2) is 6.78. The Morgan fingerprint density at radius 1 is 1.45 bits per heavy atom. The zero-order chi connectivity index (χ0) is 14.7. The molecular weight excluding hydrogens is 321 g/mol. The minimum absolute atomic E-state index is 0.0904. The molecule has 1 amide bonds. The van der Waals surface area contributed by atoms with E-state index >= 15 is 0 Å². The van der Waals surface area contributed by atoms with Gasteiger partial charge in [-0.15, -0.1) is 11.3 Å². The number of thiophene rings is 1. The Balaban J connectivity index is 1.83. The van der Waals surface area contributed by atoms with Crippen LogP contribution < -0.4 is 0 Å². The van der Waals surface area contributed by atoms with Crippen molar-refractivity contribution in [1.29, 1.82) is 0 Å². The van der Waals surface area contributed by atoms with E-state index in [9.17, 15) is 9.59 Å². The first kappa shape index (κ1) is 15.6. The molecule has 1 aromatic heterocycles. The van der Waals surface area contributed by atoms with Gasteiger partial charge in [-0.25, -0.2) is 4.79 Å². The van der Waals surface area contributed by atoms with E-state index in [-0.39, 0.29) is 5.91 Å². The van der Waals surface area contributed by atoms with E-state index in [0.29, 0.717) is 40.9 Å². The van der Waals surface area contributed by atoms with E-state index in [0.717, 1.165) is 12.0 Å². The van der Waals surface area contributed by atoms with Gasteiger partial charge in [0, 0.05) is 13.0 Å². The second-order valence-corrected chi connectivity index (χ2v) is 7.07. The van der Waals surface area contributed by atoms with Crippen molar-refractivity contribution >= 4 is 46.4 Å². The summed E-state index contributed by atoms with van der Waals surface area (Å²) in [6, 6.07) is 1.16. The number of carbonyl (C=O) groups excluding carboxylic acids is 1. The van der Waals surface area contributed by atoms with E-state index in [1.165, 1.54) is 16.2 Å². The van der Waals surface area contributed by atoms with Crippen molar-refractivity contribution in [1.82, 2.24) is 4.90 Å². The van der Waals surface area contributed by atoms with E-state index in [4.69, 9.17) is 28.3 Å². The number of carboxylic acids is 1. The average molecular weight is 336 g/mol. The van der Waals surface area contributed by atoms with E-state index in [2.05, 4.69) is 0 Å².